The van der Waals surface area contributed by atoms with Gasteiger partial charge >= 0.3 is 0 Å². The highest BCUT2D eigenvalue weighted by Crippen LogP contribution is 2.26. The van der Waals surface area contributed by atoms with Crippen LogP contribution in [0.1, 0.15) is 17.2 Å². The number of pyridine rings is 1. The van der Waals surface area contributed by atoms with Crippen molar-refractivity contribution in [3.63, 3.8) is 0 Å². The van der Waals surface area contributed by atoms with Crippen LogP contribution < -0.4 is 0 Å². The van der Waals surface area contributed by atoms with Crippen LogP contribution in [0.25, 0.3) is 10.9 Å². The summed E-state index contributed by atoms with van der Waals surface area (Å²) in [6, 6.07) is 18.2. The van der Waals surface area contributed by atoms with E-state index in [1.54, 1.807) is 18.0 Å². The molecule has 2 nitrogen and oxygen atoms in total. The average Bonchev–Trinajstić information content (AvgIpc) is 2.52. The number of hydrogen-bond acceptors (Lipinski definition) is 3. The van der Waals surface area contributed by atoms with Crippen molar-refractivity contribution in [2.75, 3.05) is 5.75 Å². The molecule has 3 aromatic rings. The van der Waals surface area contributed by atoms with Crippen LogP contribution in [0.4, 0.5) is 0 Å². The van der Waals surface area contributed by atoms with E-state index in [9.17, 15) is 5.11 Å². The Morgan fingerprint density at radius 1 is 1.10 bits per heavy atom. The fourth-order valence-electron chi connectivity index (χ4n) is 2.28. The first-order valence-electron chi connectivity index (χ1n) is 6.94. The second-order valence-corrected chi connectivity index (χ2v) is 6.19. The number of fused-ring (bicyclic) bond motifs is 1. The molecule has 1 atom stereocenters. The largest absolute Gasteiger partial charge is 0.388 e. The Labute approximate surface area is 128 Å². The quantitative estimate of drug-likeness (QED) is 0.726. The Balaban J connectivity index is 1.73. The minimum atomic E-state index is -0.472. The number of aliphatic hydroxyl groups excluding tert-OH is 1. The van der Waals surface area contributed by atoms with E-state index in [1.165, 1.54) is 10.5 Å². The van der Waals surface area contributed by atoms with Crippen LogP contribution in [-0.2, 0) is 0 Å². The molecule has 0 fully saturated rings. The molecule has 21 heavy (non-hydrogen) atoms. The van der Waals surface area contributed by atoms with Crippen LogP contribution in [0.3, 0.4) is 0 Å². The molecule has 0 aliphatic rings. The minimum absolute atomic E-state index is 0.472. The molecule has 3 rings (SSSR count). The van der Waals surface area contributed by atoms with Crippen LogP contribution in [0.5, 0.6) is 0 Å². The highest BCUT2D eigenvalue weighted by Gasteiger charge is 2.09. The summed E-state index contributed by atoms with van der Waals surface area (Å²) in [5, 5.41) is 11.4. The van der Waals surface area contributed by atoms with Crippen molar-refractivity contribution in [3.8, 4) is 0 Å². The topological polar surface area (TPSA) is 33.1 Å². The predicted octanol–water partition coefficient (Wildman–Crippen LogP) is 4.37. The number of aliphatic hydroxyl groups is 1. The van der Waals surface area contributed by atoms with Crippen molar-refractivity contribution in [1.29, 1.82) is 0 Å². The fraction of sp³-hybridized carbons (Fsp3) is 0.167. The molecule has 106 valence electrons. The van der Waals surface area contributed by atoms with Crippen molar-refractivity contribution < 1.29 is 5.11 Å². The summed E-state index contributed by atoms with van der Waals surface area (Å²) >= 11 is 1.68. The molecule has 0 bridgehead atoms. The van der Waals surface area contributed by atoms with E-state index < -0.39 is 6.10 Å². The van der Waals surface area contributed by atoms with Crippen molar-refractivity contribution in [1.82, 2.24) is 4.98 Å². The summed E-state index contributed by atoms with van der Waals surface area (Å²) in [5.74, 6) is 0.648. The van der Waals surface area contributed by atoms with E-state index in [0.29, 0.717) is 5.75 Å². The van der Waals surface area contributed by atoms with Crippen molar-refractivity contribution in [2.45, 2.75) is 17.9 Å². The SMILES string of the molecule is Cc1cccc(SCC(O)c2ccc3ncccc3c2)c1. The Bertz CT molecular complexity index is 757. The Kier molecular flexibility index (Phi) is 4.23. The van der Waals surface area contributed by atoms with Gasteiger partial charge in [-0.05, 0) is 42.8 Å². The highest BCUT2D eigenvalue weighted by atomic mass is 32.2. The van der Waals surface area contributed by atoms with Crippen molar-refractivity contribution >= 4 is 22.7 Å². The maximum absolute atomic E-state index is 10.4. The first-order chi connectivity index (χ1) is 10.2. The zero-order valence-corrected chi connectivity index (χ0v) is 12.7. The van der Waals surface area contributed by atoms with E-state index in [2.05, 4.69) is 30.1 Å². The molecule has 1 heterocycles. The zero-order chi connectivity index (χ0) is 14.7. The number of nitrogens with zero attached hydrogens (tertiary/aromatic N) is 1. The molecule has 0 radical (unpaired) electrons. The van der Waals surface area contributed by atoms with E-state index >= 15 is 0 Å². The summed E-state index contributed by atoms with van der Waals surface area (Å²) in [6.07, 6.45) is 1.31. The minimum Gasteiger partial charge on any atom is -0.388 e. The van der Waals surface area contributed by atoms with Gasteiger partial charge in [0.25, 0.3) is 0 Å². The molecule has 0 saturated carbocycles. The molecular weight excluding hydrogens is 278 g/mol. The maximum atomic E-state index is 10.4. The van der Waals surface area contributed by atoms with Gasteiger partial charge in [0.05, 0.1) is 11.6 Å². The van der Waals surface area contributed by atoms with Gasteiger partial charge in [-0.2, -0.15) is 0 Å². The van der Waals surface area contributed by atoms with Gasteiger partial charge in [-0.3, -0.25) is 4.98 Å². The second kappa shape index (κ2) is 6.29. The van der Waals surface area contributed by atoms with Crippen LogP contribution in [-0.4, -0.2) is 15.8 Å². The standard InChI is InChI=1S/C18H17NOS/c1-13-4-2-6-16(10-13)21-12-18(20)15-7-8-17-14(11-15)5-3-9-19-17/h2-11,18,20H,12H2,1H3. The number of aromatic nitrogens is 1. The Hall–Kier alpha value is -1.84. The summed E-state index contributed by atoms with van der Waals surface area (Å²) in [5.41, 5.74) is 3.14. The Morgan fingerprint density at radius 3 is 2.86 bits per heavy atom. The van der Waals surface area contributed by atoms with Gasteiger partial charge in [0.2, 0.25) is 0 Å². The molecule has 0 amide bonds. The lowest BCUT2D eigenvalue weighted by atomic mass is 10.1. The third-order valence-corrected chi connectivity index (χ3v) is 4.48. The zero-order valence-electron chi connectivity index (χ0n) is 11.9. The highest BCUT2D eigenvalue weighted by molar-refractivity contribution is 7.99. The third kappa shape index (κ3) is 3.43. The molecule has 0 aliphatic carbocycles. The lowest BCUT2D eigenvalue weighted by Crippen LogP contribution is -2.00. The van der Waals surface area contributed by atoms with Gasteiger partial charge in [-0.25, -0.2) is 0 Å². The number of hydrogen-bond donors (Lipinski definition) is 1. The normalized spacial score (nSPS) is 12.5. The molecule has 0 spiro atoms. The first-order valence-corrected chi connectivity index (χ1v) is 7.93. The Morgan fingerprint density at radius 2 is 2.00 bits per heavy atom. The lowest BCUT2D eigenvalue weighted by Gasteiger charge is -2.11. The fourth-order valence-corrected chi connectivity index (χ4v) is 3.26. The summed E-state index contributed by atoms with van der Waals surface area (Å²) < 4.78 is 0. The lowest BCUT2D eigenvalue weighted by molar-refractivity contribution is 0.204. The number of aryl methyl sites for hydroxylation is 1. The third-order valence-electron chi connectivity index (χ3n) is 3.41. The summed E-state index contributed by atoms with van der Waals surface area (Å²) in [6.45, 7) is 2.08. The van der Waals surface area contributed by atoms with E-state index in [-0.39, 0.29) is 0 Å². The van der Waals surface area contributed by atoms with Crippen LogP contribution in [0.2, 0.25) is 0 Å². The molecular formula is C18H17NOS. The van der Waals surface area contributed by atoms with Crippen molar-refractivity contribution in [3.05, 3.63) is 71.9 Å². The summed E-state index contributed by atoms with van der Waals surface area (Å²) in [4.78, 5) is 5.49. The van der Waals surface area contributed by atoms with E-state index in [0.717, 1.165) is 16.5 Å². The second-order valence-electron chi connectivity index (χ2n) is 5.10. The average molecular weight is 295 g/mol. The monoisotopic (exact) mass is 295 g/mol. The molecule has 3 heteroatoms. The van der Waals surface area contributed by atoms with Gasteiger partial charge in [-0.1, -0.05) is 29.8 Å². The number of thioether (sulfide) groups is 1. The molecule has 1 unspecified atom stereocenters. The molecule has 1 aromatic heterocycles. The van der Waals surface area contributed by atoms with Crippen LogP contribution >= 0.6 is 11.8 Å². The number of benzene rings is 2. The molecule has 0 aliphatic heterocycles. The van der Waals surface area contributed by atoms with Gasteiger partial charge in [-0.15, -0.1) is 11.8 Å². The van der Waals surface area contributed by atoms with E-state index in [1.807, 2.05) is 36.4 Å². The molecule has 0 saturated heterocycles. The van der Waals surface area contributed by atoms with Crippen molar-refractivity contribution in [2.24, 2.45) is 0 Å². The van der Waals surface area contributed by atoms with Crippen LogP contribution in [0.15, 0.2) is 65.7 Å². The molecule has 1 N–H and O–H groups in total. The maximum Gasteiger partial charge on any atom is 0.0884 e. The first kappa shape index (κ1) is 14.1. The predicted molar refractivity (Wildman–Crippen MR) is 88.6 cm³/mol. The molecule has 2 aromatic carbocycles. The van der Waals surface area contributed by atoms with Gasteiger partial charge in [0.1, 0.15) is 0 Å². The van der Waals surface area contributed by atoms with Crippen LogP contribution in [0, 0.1) is 6.92 Å². The van der Waals surface area contributed by atoms with Gasteiger partial charge in [0.15, 0.2) is 0 Å². The smallest absolute Gasteiger partial charge is 0.0884 e. The van der Waals surface area contributed by atoms with E-state index in [4.69, 9.17) is 0 Å². The summed E-state index contributed by atoms with van der Waals surface area (Å²) in [7, 11) is 0. The van der Waals surface area contributed by atoms with Gasteiger partial charge < -0.3 is 5.11 Å². The number of rotatable bonds is 4. The van der Waals surface area contributed by atoms with Gasteiger partial charge in [0, 0.05) is 22.2 Å².